The molecule has 5 nitrogen and oxygen atoms in total. The maximum absolute atomic E-state index is 10.6. The van der Waals surface area contributed by atoms with E-state index in [9.17, 15) is 4.79 Å². The molecule has 0 saturated carbocycles. The smallest absolute Gasteiger partial charge is 0.120 e. The molecule has 0 aliphatic carbocycles. The topological polar surface area (TPSA) is 84.6 Å². The van der Waals surface area contributed by atoms with Crippen molar-refractivity contribution in [2.24, 2.45) is 11.1 Å². The summed E-state index contributed by atoms with van der Waals surface area (Å²) in [5.41, 5.74) is 6.00. The highest BCUT2D eigenvalue weighted by molar-refractivity contribution is 5.50. The number of rotatable bonds is 9. The number of carbonyl (C=O) groups is 1. The number of nitrogens with one attached hydrogen (secondary N) is 1. The molecule has 5 heteroatoms. The van der Waals surface area contributed by atoms with Crippen molar-refractivity contribution < 1.29 is 14.6 Å². The van der Waals surface area contributed by atoms with Crippen molar-refractivity contribution in [3.05, 3.63) is 36.3 Å². The lowest BCUT2D eigenvalue weighted by molar-refractivity contribution is -0.109. The van der Waals surface area contributed by atoms with E-state index in [1.165, 1.54) is 6.20 Å². The zero-order valence-corrected chi connectivity index (χ0v) is 15.6. The van der Waals surface area contributed by atoms with Crippen LogP contribution in [0.3, 0.4) is 0 Å². The van der Waals surface area contributed by atoms with Gasteiger partial charge in [-0.3, -0.25) is 0 Å². The first-order valence-electron chi connectivity index (χ1n) is 7.74. The fourth-order valence-electron chi connectivity index (χ4n) is 1.48. The number of allylic oxidation sites excluding steroid dienone is 3. The van der Waals surface area contributed by atoms with Crippen molar-refractivity contribution in [2.75, 3.05) is 20.8 Å². The molecule has 0 aliphatic heterocycles. The van der Waals surface area contributed by atoms with Gasteiger partial charge < -0.3 is 25.7 Å². The zero-order valence-electron chi connectivity index (χ0n) is 15.6. The fraction of sp³-hybridized carbons (Fsp3) is 0.611. The summed E-state index contributed by atoms with van der Waals surface area (Å²) < 4.78 is 4.96. The fourth-order valence-corrected chi connectivity index (χ4v) is 1.48. The predicted octanol–water partition coefficient (Wildman–Crippen LogP) is 3.12. The molecule has 0 saturated heterocycles. The molecule has 0 bridgehead atoms. The molecule has 0 unspecified atom stereocenters. The highest BCUT2D eigenvalue weighted by Crippen LogP contribution is 2.26. The van der Waals surface area contributed by atoms with Gasteiger partial charge in [0.05, 0.1) is 0 Å². The number of hydrogen-bond acceptors (Lipinski definition) is 5. The first-order valence-corrected chi connectivity index (χ1v) is 7.74. The molecule has 4 N–H and O–H groups in total. The van der Waals surface area contributed by atoms with Gasteiger partial charge in [-0.25, -0.2) is 0 Å². The van der Waals surface area contributed by atoms with Gasteiger partial charge in [-0.05, 0) is 44.5 Å². The predicted molar refractivity (Wildman–Crippen MR) is 98.7 cm³/mol. The third-order valence-electron chi connectivity index (χ3n) is 2.72. The number of methoxy groups -OCH3 is 1. The molecule has 0 rings (SSSR count). The zero-order chi connectivity index (χ0) is 18.6. The van der Waals surface area contributed by atoms with Crippen LogP contribution in [0.4, 0.5) is 0 Å². The number of aliphatic hydroxyl groups is 1. The van der Waals surface area contributed by atoms with Crippen LogP contribution in [0.2, 0.25) is 0 Å². The van der Waals surface area contributed by atoms with E-state index in [0.29, 0.717) is 6.42 Å². The van der Waals surface area contributed by atoms with Gasteiger partial charge in [0.15, 0.2) is 0 Å². The Morgan fingerprint density at radius 2 is 1.87 bits per heavy atom. The Balaban J connectivity index is -0.000000574. The van der Waals surface area contributed by atoms with Crippen LogP contribution in [0.25, 0.3) is 0 Å². The SMILES string of the molecule is C/C=C(\CC(C)(C)CC=O)N/C=C/CCOC.C/C=C/N.CO. The van der Waals surface area contributed by atoms with Crippen molar-refractivity contribution in [3.63, 3.8) is 0 Å². The van der Waals surface area contributed by atoms with Crippen LogP contribution in [0, 0.1) is 5.41 Å². The van der Waals surface area contributed by atoms with E-state index in [2.05, 4.69) is 19.2 Å². The number of carbonyl (C=O) groups excluding carboxylic acids is 1. The summed E-state index contributed by atoms with van der Waals surface area (Å²) in [5, 5.41) is 10.3. The molecule has 0 fully saturated rings. The Morgan fingerprint density at radius 3 is 2.26 bits per heavy atom. The lowest BCUT2D eigenvalue weighted by Crippen LogP contribution is -2.18. The maximum Gasteiger partial charge on any atom is 0.120 e. The normalized spacial score (nSPS) is 11.5. The van der Waals surface area contributed by atoms with Gasteiger partial charge in [0.25, 0.3) is 0 Å². The highest BCUT2D eigenvalue weighted by Gasteiger charge is 2.18. The van der Waals surface area contributed by atoms with Crippen LogP contribution in [0.5, 0.6) is 0 Å². The van der Waals surface area contributed by atoms with Crippen LogP contribution < -0.4 is 11.1 Å². The van der Waals surface area contributed by atoms with Crippen LogP contribution in [-0.2, 0) is 9.53 Å². The quantitative estimate of drug-likeness (QED) is 0.447. The van der Waals surface area contributed by atoms with E-state index in [1.54, 1.807) is 13.2 Å². The largest absolute Gasteiger partial charge is 0.405 e. The van der Waals surface area contributed by atoms with Gasteiger partial charge in [-0.1, -0.05) is 32.1 Å². The lowest BCUT2D eigenvalue weighted by Gasteiger charge is -2.23. The molecule has 0 spiro atoms. The number of hydrogen-bond donors (Lipinski definition) is 3. The molecule has 0 radical (unpaired) electrons. The summed E-state index contributed by atoms with van der Waals surface area (Å²) >= 11 is 0. The Morgan fingerprint density at radius 1 is 1.30 bits per heavy atom. The van der Waals surface area contributed by atoms with Crippen molar-refractivity contribution >= 4 is 6.29 Å². The monoisotopic (exact) mass is 328 g/mol. The summed E-state index contributed by atoms with van der Waals surface area (Å²) in [4.78, 5) is 10.6. The van der Waals surface area contributed by atoms with Gasteiger partial charge in [-0.15, -0.1) is 0 Å². The van der Waals surface area contributed by atoms with E-state index in [1.807, 2.05) is 32.2 Å². The van der Waals surface area contributed by atoms with Crippen molar-refractivity contribution in [1.82, 2.24) is 5.32 Å². The van der Waals surface area contributed by atoms with E-state index in [-0.39, 0.29) is 5.41 Å². The molecule has 0 amide bonds. The van der Waals surface area contributed by atoms with Crippen molar-refractivity contribution in [3.8, 4) is 0 Å². The maximum atomic E-state index is 10.6. The molecule has 0 heterocycles. The van der Waals surface area contributed by atoms with Crippen molar-refractivity contribution in [1.29, 1.82) is 0 Å². The summed E-state index contributed by atoms with van der Waals surface area (Å²) in [6.07, 6.45) is 12.6. The number of aliphatic hydroxyl groups excluding tert-OH is 1. The third-order valence-corrected chi connectivity index (χ3v) is 2.72. The minimum Gasteiger partial charge on any atom is -0.405 e. The minimum atomic E-state index is 0.0109. The molecule has 0 aromatic carbocycles. The Hall–Kier alpha value is -1.59. The Kier molecular flexibility index (Phi) is 23.4. The number of ether oxygens (including phenoxy) is 1. The van der Waals surface area contributed by atoms with Gasteiger partial charge in [0.1, 0.15) is 6.29 Å². The van der Waals surface area contributed by atoms with Crippen LogP contribution in [0.15, 0.2) is 36.3 Å². The van der Waals surface area contributed by atoms with Gasteiger partial charge in [-0.2, -0.15) is 0 Å². The summed E-state index contributed by atoms with van der Waals surface area (Å²) in [7, 11) is 2.70. The van der Waals surface area contributed by atoms with Gasteiger partial charge >= 0.3 is 0 Å². The molecular formula is C18H36N2O3. The molecule has 136 valence electrons. The van der Waals surface area contributed by atoms with E-state index in [0.717, 1.165) is 38.5 Å². The van der Waals surface area contributed by atoms with Gasteiger partial charge in [0.2, 0.25) is 0 Å². The first-order chi connectivity index (χ1) is 11.0. The van der Waals surface area contributed by atoms with E-state index < -0.39 is 0 Å². The van der Waals surface area contributed by atoms with E-state index in [4.69, 9.17) is 15.6 Å². The number of aldehydes is 1. The Bertz CT molecular complexity index is 331. The van der Waals surface area contributed by atoms with Crippen LogP contribution >= 0.6 is 0 Å². The molecule has 0 aromatic rings. The molecule has 0 aliphatic rings. The molecule has 23 heavy (non-hydrogen) atoms. The second kappa shape index (κ2) is 20.4. The first kappa shape index (κ1) is 26.3. The van der Waals surface area contributed by atoms with Gasteiger partial charge in [0, 0.05) is 32.9 Å². The summed E-state index contributed by atoms with van der Waals surface area (Å²) in [6, 6.07) is 0. The average Bonchev–Trinajstić information content (AvgIpc) is 2.55. The third kappa shape index (κ3) is 22.8. The van der Waals surface area contributed by atoms with Crippen molar-refractivity contribution in [2.45, 2.75) is 47.0 Å². The lowest BCUT2D eigenvalue weighted by atomic mass is 9.85. The van der Waals surface area contributed by atoms with Crippen LogP contribution in [0.1, 0.15) is 47.0 Å². The Labute approximate surface area is 142 Å². The van der Waals surface area contributed by atoms with Crippen LogP contribution in [-0.4, -0.2) is 32.2 Å². The standard InChI is InChI=1S/C14H25NO2.C3H7N.CH4O/c1-5-13(12-14(2,3)8-10-16)15-9-6-7-11-17-4;1-2-3-4;1-2/h5-6,9-10,15H,7-8,11-12H2,1-4H3;2-3H,4H2,1H3;2H,1H3/b9-6+,13-5+;3-2+;. The second-order valence-corrected chi connectivity index (χ2v) is 5.38. The number of nitrogens with two attached hydrogens (primary N) is 1. The molecular weight excluding hydrogens is 292 g/mol. The van der Waals surface area contributed by atoms with E-state index >= 15 is 0 Å². The summed E-state index contributed by atoms with van der Waals surface area (Å²) in [5.74, 6) is 0. The summed E-state index contributed by atoms with van der Waals surface area (Å²) in [6.45, 7) is 8.81. The molecule has 0 aromatic heterocycles. The molecule has 0 atom stereocenters. The minimum absolute atomic E-state index is 0.0109. The second-order valence-electron chi connectivity index (χ2n) is 5.38. The highest BCUT2D eigenvalue weighted by atomic mass is 16.5. The average molecular weight is 328 g/mol.